The lowest BCUT2D eigenvalue weighted by atomic mass is 9.64. The molecule has 0 aliphatic heterocycles. The van der Waals surface area contributed by atoms with Crippen LogP contribution in [0.25, 0.3) is 11.1 Å². The number of anilines is 1. The first-order valence-electron chi connectivity index (χ1n) is 17.9. The number of nitrogen functional groups attached to an aromatic ring is 1. The van der Waals surface area contributed by atoms with Gasteiger partial charge in [-0.25, -0.2) is 4.99 Å². The van der Waals surface area contributed by atoms with Crippen molar-refractivity contribution in [3.8, 4) is 11.5 Å². The van der Waals surface area contributed by atoms with Gasteiger partial charge in [0.05, 0.1) is 25.5 Å². The highest BCUT2D eigenvalue weighted by atomic mass is 16.5. The molecule has 0 amide bonds. The molecule has 0 bridgehead atoms. The second kappa shape index (κ2) is 17.2. The van der Waals surface area contributed by atoms with Gasteiger partial charge in [0, 0.05) is 22.2 Å². The number of nitrogens with zero attached hydrogens (tertiary/aromatic N) is 1. The first kappa shape index (κ1) is 35.7. The van der Waals surface area contributed by atoms with E-state index in [1.807, 2.05) is 72.8 Å². The third-order valence-corrected chi connectivity index (χ3v) is 9.84. The van der Waals surface area contributed by atoms with Gasteiger partial charge in [-0.3, -0.25) is 0 Å². The van der Waals surface area contributed by atoms with E-state index in [-0.39, 0.29) is 5.41 Å². The fourth-order valence-electron chi connectivity index (χ4n) is 7.10. The van der Waals surface area contributed by atoms with Crippen LogP contribution < -0.4 is 15.2 Å². The van der Waals surface area contributed by atoms with Gasteiger partial charge >= 0.3 is 0 Å². The minimum absolute atomic E-state index is 0.171. The predicted molar refractivity (Wildman–Crippen MR) is 218 cm³/mol. The summed E-state index contributed by atoms with van der Waals surface area (Å²) < 4.78 is 11.8. The number of rotatable bonds is 9. The number of nitrogens with two attached hydrogens (primary N) is 1. The molecule has 1 saturated carbocycles. The van der Waals surface area contributed by atoms with Crippen LogP contribution in [0.3, 0.4) is 0 Å². The Hall–Kier alpha value is -6.09. The third-order valence-electron chi connectivity index (χ3n) is 9.84. The maximum atomic E-state index is 5.98. The minimum Gasteiger partial charge on any atom is -0.496 e. The third kappa shape index (κ3) is 8.26. The molecule has 1 aliphatic rings. The summed E-state index contributed by atoms with van der Waals surface area (Å²) in [6, 6.07) is 53.5. The Morgan fingerprint density at radius 3 is 1.60 bits per heavy atom. The number of aliphatic imine (C=N–C) groups is 1. The van der Waals surface area contributed by atoms with Crippen LogP contribution >= 0.6 is 0 Å². The van der Waals surface area contributed by atoms with Crippen molar-refractivity contribution < 1.29 is 9.47 Å². The molecule has 4 heteroatoms. The monoisotopic (exact) mass is 682 g/mol. The maximum Gasteiger partial charge on any atom is 0.127 e. The fraction of sp³-hybridized carbons (Fsp3) is 0.167. The fourth-order valence-corrected chi connectivity index (χ4v) is 7.10. The lowest BCUT2D eigenvalue weighted by Gasteiger charge is -2.39. The Morgan fingerprint density at radius 1 is 0.596 bits per heavy atom. The first-order chi connectivity index (χ1) is 25.5. The zero-order valence-corrected chi connectivity index (χ0v) is 30.1. The minimum atomic E-state index is -0.171. The topological polar surface area (TPSA) is 56.8 Å². The highest BCUT2D eigenvalue weighted by Crippen LogP contribution is 2.48. The zero-order valence-electron chi connectivity index (χ0n) is 30.1. The van der Waals surface area contributed by atoms with Crippen molar-refractivity contribution in [1.29, 1.82) is 0 Å². The Labute approximate surface area is 308 Å². The van der Waals surface area contributed by atoms with Crippen LogP contribution in [-0.2, 0) is 5.41 Å². The van der Waals surface area contributed by atoms with Crippen LogP contribution in [0.1, 0.15) is 65.5 Å². The number of ether oxygens (including phenoxy) is 2. The average molecular weight is 683 g/mol. The summed E-state index contributed by atoms with van der Waals surface area (Å²) in [4.78, 5) is 4.77. The smallest absolute Gasteiger partial charge is 0.127 e. The quantitative estimate of drug-likeness (QED) is 0.122. The Morgan fingerprint density at radius 2 is 1.08 bits per heavy atom. The lowest BCUT2D eigenvalue weighted by Crippen LogP contribution is -2.30. The van der Waals surface area contributed by atoms with E-state index in [2.05, 4.69) is 97.4 Å². The zero-order chi connectivity index (χ0) is 36.2. The molecule has 0 unspecified atom stereocenters. The van der Waals surface area contributed by atoms with Gasteiger partial charge in [-0.1, -0.05) is 135 Å². The molecule has 0 heterocycles. The molecular formula is C48H46N2O2. The molecule has 0 radical (unpaired) electrons. The second-order valence-electron chi connectivity index (χ2n) is 13.0. The van der Waals surface area contributed by atoms with Gasteiger partial charge in [0.2, 0.25) is 0 Å². The van der Waals surface area contributed by atoms with Crippen molar-refractivity contribution >= 4 is 28.4 Å². The van der Waals surface area contributed by atoms with Gasteiger partial charge < -0.3 is 15.2 Å². The summed E-state index contributed by atoms with van der Waals surface area (Å²) in [7, 11) is 3.47. The molecule has 1 fully saturated rings. The van der Waals surface area contributed by atoms with Crippen molar-refractivity contribution in [3.05, 3.63) is 198 Å². The summed E-state index contributed by atoms with van der Waals surface area (Å²) in [6.07, 6.45) is 5.69. The largest absolute Gasteiger partial charge is 0.496 e. The highest BCUT2D eigenvalue weighted by Gasteiger charge is 2.37. The van der Waals surface area contributed by atoms with Gasteiger partial charge in [-0.2, -0.15) is 0 Å². The predicted octanol–water partition coefficient (Wildman–Crippen LogP) is 11.7. The van der Waals surface area contributed by atoms with E-state index in [0.29, 0.717) is 0 Å². The van der Waals surface area contributed by atoms with Crippen LogP contribution in [0.5, 0.6) is 11.5 Å². The number of hydrogen-bond donors (Lipinski definition) is 1. The van der Waals surface area contributed by atoms with Crippen LogP contribution in [0.4, 0.5) is 11.4 Å². The summed E-state index contributed by atoms with van der Waals surface area (Å²) in [5.74, 6) is 5.05. The highest BCUT2D eigenvalue weighted by molar-refractivity contribution is 6.01. The molecule has 1 aliphatic carbocycles. The standard InChI is InChI=1S/C42H39NO2.C6H7N/c1-31(32-16-8-4-9-17-32)37-28-34(22-24-40(37)44-2)42(26-14-7-15-27-42)35-23-25-41(45-3)38(29-35)39(33-18-10-5-11-19-33)30-43-36-20-12-6-13-21-36;7-6-4-2-1-3-5-6/h4-6,8-13,16-25,28-29H,1,7,14-15,26-27H2,2-3H3;1-5H,7H2. The Balaban J connectivity index is 0.000000594. The summed E-state index contributed by atoms with van der Waals surface area (Å²) in [5, 5.41) is 0. The van der Waals surface area contributed by atoms with E-state index in [0.717, 1.165) is 69.1 Å². The van der Waals surface area contributed by atoms with E-state index < -0.39 is 0 Å². The maximum absolute atomic E-state index is 5.98. The molecule has 52 heavy (non-hydrogen) atoms. The van der Waals surface area contributed by atoms with Gasteiger partial charge in [0.25, 0.3) is 0 Å². The van der Waals surface area contributed by atoms with E-state index in [4.69, 9.17) is 20.2 Å². The molecule has 6 aromatic rings. The number of methoxy groups -OCH3 is 2. The van der Waals surface area contributed by atoms with E-state index in [1.54, 1.807) is 14.2 Å². The van der Waals surface area contributed by atoms with Gasteiger partial charge in [0.1, 0.15) is 11.5 Å². The van der Waals surface area contributed by atoms with Crippen molar-refractivity contribution in [2.45, 2.75) is 37.5 Å². The lowest BCUT2D eigenvalue weighted by molar-refractivity contribution is 0.344. The molecule has 7 rings (SSSR count). The van der Waals surface area contributed by atoms with Gasteiger partial charge in [0.15, 0.2) is 0 Å². The van der Waals surface area contributed by atoms with E-state index >= 15 is 0 Å². The van der Waals surface area contributed by atoms with Crippen LogP contribution in [-0.4, -0.2) is 20.1 Å². The number of hydrogen-bond acceptors (Lipinski definition) is 4. The summed E-state index contributed by atoms with van der Waals surface area (Å²) in [5.41, 5.74) is 15.4. The molecule has 6 aromatic carbocycles. The average Bonchev–Trinajstić information content (AvgIpc) is 3.22. The molecule has 0 spiro atoms. The van der Waals surface area contributed by atoms with Crippen molar-refractivity contribution in [2.75, 3.05) is 20.0 Å². The van der Waals surface area contributed by atoms with Crippen molar-refractivity contribution in [2.24, 2.45) is 4.99 Å². The molecule has 0 saturated heterocycles. The molecule has 0 atom stereocenters. The van der Waals surface area contributed by atoms with Crippen molar-refractivity contribution in [1.82, 2.24) is 0 Å². The second-order valence-corrected chi connectivity index (χ2v) is 13.0. The van der Waals surface area contributed by atoms with E-state index in [1.165, 1.54) is 30.4 Å². The van der Waals surface area contributed by atoms with Gasteiger partial charge in [-0.15, -0.1) is 0 Å². The number of para-hydroxylation sites is 2. The first-order valence-corrected chi connectivity index (χ1v) is 17.9. The van der Waals surface area contributed by atoms with Crippen molar-refractivity contribution in [3.63, 3.8) is 0 Å². The van der Waals surface area contributed by atoms with Crippen LogP contribution in [0.2, 0.25) is 0 Å². The normalized spacial score (nSPS) is 13.0. The molecule has 0 aromatic heterocycles. The van der Waals surface area contributed by atoms with Crippen LogP contribution in [0, 0.1) is 0 Å². The summed E-state index contributed by atoms with van der Waals surface area (Å²) >= 11 is 0. The van der Waals surface area contributed by atoms with Crippen LogP contribution in [0.15, 0.2) is 169 Å². The Bertz CT molecular complexity index is 2130. The molecular weight excluding hydrogens is 637 g/mol. The molecule has 4 nitrogen and oxygen atoms in total. The van der Waals surface area contributed by atoms with Gasteiger partial charge in [-0.05, 0) is 95.1 Å². The summed E-state index contributed by atoms with van der Waals surface area (Å²) in [6.45, 7) is 4.51. The molecule has 2 N–H and O–H groups in total. The van der Waals surface area contributed by atoms with E-state index in [9.17, 15) is 0 Å². The SMILES string of the molecule is C=C(c1ccccc1)c1cc(C2(c3ccc(OC)c(C(=C=Nc4ccccc4)c4ccccc4)c3)CCCCC2)ccc1OC.Nc1ccccc1. The number of benzene rings is 6. The molecule has 260 valence electrons. The Kier molecular flexibility index (Phi) is 11.8.